The minimum absolute atomic E-state index is 1.03. The highest BCUT2D eigenvalue weighted by Crippen LogP contribution is 2.32. The van der Waals surface area contributed by atoms with Gasteiger partial charge < -0.3 is 9.72 Å². The molecule has 1 aliphatic heterocycles. The van der Waals surface area contributed by atoms with Gasteiger partial charge in [-0.1, -0.05) is 15.9 Å². The van der Waals surface area contributed by atoms with E-state index < -0.39 is 0 Å². The van der Waals surface area contributed by atoms with Gasteiger partial charge in [0.15, 0.2) is 5.65 Å². The minimum atomic E-state index is 1.03. The van der Waals surface area contributed by atoms with Crippen LogP contribution in [0.3, 0.4) is 0 Å². The van der Waals surface area contributed by atoms with Crippen molar-refractivity contribution < 1.29 is 0 Å². The van der Waals surface area contributed by atoms with Crippen molar-refractivity contribution in [2.75, 3.05) is 11.9 Å². The average Bonchev–Trinajstić information content (AvgIpc) is 2.95. The zero-order valence-corrected chi connectivity index (χ0v) is 14.4. The molecule has 0 atom stereocenters. The number of aryl methyl sites for hydroxylation is 2. The topological polar surface area (TPSA) is 29.3 Å². The molecule has 3 heterocycles. The quantitative estimate of drug-likeness (QED) is 0.683. The maximum atomic E-state index is 4.92. The lowest BCUT2D eigenvalue weighted by Gasteiger charge is -2.17. The van der Waals surface area contributed by atoms with E-state index >= 15 is 0 Å². The normalized spacial score (nSPS) is 14.0. The summed E-state index contributed by atoms with van der Waals surface area (Å²) in [6.07, 6.45) is 6.58. The maximum absolute atomic E-state index is 4.92. The van der Waals surface area contributed by atoms with Crippen LogP contribution >= 0.6 is 15.9 Å². The molecule has 0 fully saturated rings. The largest absolute Gasteiger partial charge is 0.382 e. The molecule has 1 N–H and O–H groups in total. The van der Waals surface area contributed by atoms with Crippen LogP contribution < -0.4 is 5.32 Å². The highest BCUT2D eigenvalue weighted by molar-refractivity contribution is 9.10. The molecule has 2 aromatic heterocycles. The van der Waals surface area contributed by atoms with Crippen molar-refractivity contribution in [3.63, 3.8) is 0 Å². The van der Waals surface area contributed by atoms with E-state index in [0.29, 0.717) is 0 Å². The first-order chi connectivity index (χ1) is 10.6. The van der Waals surface area contributed by atoms with Gasteiger partial charge in [-0.2, -0.15) is 0 Å². The summed E-state index contributed by atoms with van der Waals surface area (Å²) in [4.78, 5) is 4.92. The van der Waals surface area contributed by atoms with Crippen molar-refractivity contribution in [2.24, 2.45) is 0 Å². The lowest BCUT2D eigenvalue weighted by atomic mass is 10.0. The highest BCUT2D eigenvalue weighted by Gasteiger charge is 2.16. The molecule has 0 saturated heterocycles. The van der Waals surface area contributed by atoms with Crippen LogP contribution in [0.15, 0.2) is 35.1 Å². The van der Waals surface area contributed by atoms with Crippen molar-refractivity contribution in [3.05, 3.63) is 51.8 Å². The van der Waals surface area contributed by atoms with E-state index in [9.17, 15) is 0 Å². The fraction of sp³-hybridized carbons (Fsp3) is 0.278. The third kappa shape index (κ3) is 2.13. The highest BCUT2D eigenvalue weighted by atomic mass is 79.9. The number of nitrogens with one attached hydrogen (secondary N) is 1. The third-order valence-corrected chi connectivity index (χ3v) is 5.00. The number of benzene rings is 1. The Hall–Kier alpha value is -1.81. The lowest BCUT2D eigenvalue weighted by Crippen LogP contribution is -2.12. The molecule has 0 aliphatic carbocycles. The number of nitrogens with zero attached hydrogens (tertiary/aromatic N) is 2. The molecule has 0 unspecified atom stereocenters. The molecule has 3 nitrogen and oxygen atoms in total. The van der Waals surface area contributed by atoms with E-state index in [1.54, 1.807) is 0 Å². The standard InChI is InChI=1S/C18H18BrN3/c1-11-8-14(19)9-15(12(11)2)16-10-22-7-5-13-4-3-6-20-17(13)18(22)21-16/h5,7-10,20H,3-4,6H2,1-2H3. The summed E-state index contributed by atoms with van der Waals surface area (Å²) in [5.41, 5.74) is 8.39. The molecule has 4 heteroatoms. The molecule has 0 radical (unpaired) electrons. The fourth-order valence-electron chi connectivity index (χ4n) is 3.19. The zero-order valence-electron chi connectivity index (χ0n) is 12.8. The van der Waals surface area contributed by atoms with Gasteiger partial charge in [0.2, 0.25) is 0 Å². The van der Waals surface area contributed by atoms with E-state index in [1.807, 2.05) is 0 Å². The van der Waals surface area contributed by atoms with Crippen LogP contribution in [0, 0.1) is 13.8 Å². The van der Waals surface area contributed by atoms with Gasteiger partial charge in [0, 0.05) is 29.0 Å². The summed E-state index contributed by atoms with van der Waals surface area (Å²) in [5.74, 6) is 0. The van der Waals surface area contributed by atoms with Gasteiger partial charge in [0.05, 0.1) is 11.4 Å². The number of hydrogen-bond donors (Lipinski definition) is 1. The second-order valence-electron chi connectivity index (χ2n) is 6.00. The predicted octanol–water partition coefficient (Wildman–Crippen LogP) is 4.74. The Morgan fingerprint density at radius 2 is 2.14 bits per heavy atom. The third-order valence-electron chi connectivity index (χ3n) is 4.55. The first-order valence-corrected chi connectivity index (χ1v) is 8.44. The fourth-order valence-corrected chi connectivity index (χ4v) is 3.77. The Labute approximate surface area is 138 Å². The van der Waals surface area contributed by atoms with Crippen LogP contribution in [0.1, 0.15) is 23.1 Å². The zero-order chi connectivity index (χ0) is 15.3. The van der Waals surface area contributed by atoms with Crippen molar-refractivity contribution in [2.45, 2.75) is 26.7 Å². The Kier molecular flexibility index (Phi) is 3.22. The maximum Gasteiger partial charge on any atom is 0.161 e. The van der Waals surface area contributed by atoms with Gasteiger partial charge in [0.25, 0.3) is 0 Å². The second kappa shape index (κ2) is 5.13. The van der Waals surface area contributed by atoms with E-state index in [2.05, 4.69) is 70.1 Å². The summed E-state index contributed by atoms with van der Waals surface area (Å²) in [6, 6.07) is 6.51. The summed E-state index contributed by atoms with van der Waals surface area (Å²) in [6.45, 7) is 5.33. The van der Waals surface area contributed by atoms with Crippen LogP contribution in [0.4, 0.5) is 5.69 Å². The van der Waals surface area contributed by atoms with Crippen molar-refractivity contribution in [1.82, 2.24) is 9.38 Å². The lowest BCUT2D eigenvalue weighted by molar-refractivity contribution is 0.827. The smallest absolute Gasteiger partial charge is 0.161 e. The van der Waals surface area contributed by atoms with E-state index in [1.165, 1.54) is 34.4 Å². The van der Waals surface area contributed by atoms with Crippen LogP contribution in [0.25, 0.3) is 16.9 Å². The van der Waals surface area contributed by atoms with Crippen LogP contribution in [-0.2, 0) is 6.42 Å². The average molecular weight is 356 g/mol. The molecular formula is C18H18BrN3. The number of anilines is 1. The van der Waals surface area contributed by atoms with Crippen LogP contribution in [0.5, 0.6) is 0 Å². The molecule has 0 amide bonds. The molecule has 0 bridgehead atoms. The molecule has 4 rings (SSSR count). The SMILES string of the molecule is Cc1cc(Br)cc(-c2cn3ccc4c(c3n2)NCCC4)c1C. The molecule has 22 heavy (non-hydrogen) atoms. The number of imidazole rings is 1. The molecule has 0 spiro atoms. The van der Waals surface area contributed by atoms with E-state index in [4.69, 9.17) is 4.98 Å². The summed E-state index contributed by atoms with van der Waals surface area (Å²) in [5, 5.41) is 3.52. The number of fused-ring (bicyclic) bond motifs is 3. The molecule has 1 aromatic carbocycles. The molecule has 1 aliphatic rings. The van der Waals surface area contributed by atoms with Gasteiger partial charge in [0.1, 0.15) is 0 Å². The van der Waals surface area contributed by atoms with Gasteiger partial charge >= 0.3 is 0 Å². The Morgan fingerprint density at radius 1 is 1.27 bits per heavy atom. The molecule has 3 aromatic rings. The van der Waals surface area contributed by atoms with Gasteiger partial charge in [-0.15, -0.1) is 0 Å². The van der Waals surface area contributed by atoms with Gasteiger partial charge in [-0.05, 0) is 61.6 Å². The number of halogens is 1. The Balaban J connectivity index is 1.94. The van der Waals surface area contributed by atoms with Crippen molar-refractivity contribution in [3.8, 4) is 11.3 Å². The predicted molar refractivity (Wildman–Crippen MR) is 94.6 cm³/mol. The van der Waals surface area contributed by atoms with Crippen LogP contribution in [-0.4, -0.2) is 15.9 Å². The minimum Gasteiger partial charge on any atom is -0.382 e. The van der Waals surface area contributed by atoms with Crippen molar-refractivity contribution >= 4 is 27.3 Å². The second-order valence-corrected chi connectivity index (χ2v) is 6.91. The summed E-state index contributed by atoms with van der Waals surface area (Å²) >= 11 is 3.60. The van der Waals surface area contributed by atoms with E-state index in [-0.39, 0.29) is 0 Å². The van der Waals surface area contributed by atoms with E-state index in [0.717, 1.165) is 28.8 Å². The van der Waals surface area contributed by atoms with Gasteiger partial charge in [-0.25, -0.2) is 4.98 Å². The first kappa shape index (κ1) is 13.8. The van der Waals surface area contributed by atoms with Crippen molar-refractivity contribution in [1.29, 1.82) is 0 Å². The van der Waals surface area contributed by atoms with Crippen LogP contribution in [0.2, 0.25) is 0 Å². The first-order valence-electron chi connectivity index (χ1n) is 7.65. The summed E-state index contributed by atoms with van der Waals surface area (Å²) < 4.78 is 3.23. The number of hydrogen-bond acceptors (Lipinski definition) is 2. The van der Waals surface area contributed by atoms with Gasteiger partial charge in [-0.3, -0.25) is 0 Å². The number of aromatic nitrogens is 2. The Bertz CT molecular complexity index is 880. The molecular weight excluding hydrogens is 338 g/mol. The summed E-state index contributed by atoms with van der Waals surface area (Å²) in [7, 11) is 0. The molecule has 0 saturated carbocycles. The molecule has 112 valence electrons. The number of pyridine rings is 1. The monoisotopic (exact) mass is 355 g/mol. The Morgan fingerprint density at radius 3 is 3.00 bits per heavy atom. The number of rotatable bonds is 1.